The van der Waals surface area contributed by atoms with Crippen LogP contribution in [0.4, 0.5) is 0 Å². The monoisotopic (exact) mass is 311 g/mol. The molecule has 0 saturated carbocycles. The van der Waals surface area contributed by atoms with Crippen LogP contribution in [0.1, 0.15) is 37.2 Å². The molecular formula is C17H21N5O. The predicted molar refractivity (Wildman–Crippen MR) is 90.1 cm³/mol. The maximum Gasteiger partial charge on any atom is 0.267 e. The molecule has 3 N–H and O–H groups in total. The SMILES string of the molecule is CCC(CC)CNC(=O)c1cc(-c2ncnc3[nH]ccc23)c[nH]1. The molecule has 0 aliphatic carbocycles. The van der Waals surface area contributed by atoms with E-state index in [0.717, 1.165) is 35.1 Å². The molecule has 6 heteroatoms. The van der Waals surface area contributed by atoms with Gasteiger partial charge in [0.1, 0.15) is 17.7 Å². The zero-order chi connectivity index (χ0) is 16.2. The van der Waals surface area contributed by atoms with E-state index in [1.807, 2.05) is 18.3 Å². The van der Waals surface area contributed by atoms with Crippen LogP contribution in [0.25, 0.3) is 22.3 Å². The van der Waals surface area contributed by atoms with Gasteiger partial charge in [0, 0.05) is 29.9 Å². The van der Waals surface area contributed by atoms with Crippen LogP contribution in [-0.4, -0.2) is 32.4 Å². The second kappa shape index (κ2) is 6.64. The maximum atomic E-state index is 12.3. The molecule has 3 aromatic rings. The minimum atomic E-state index is -0.0810. The first-order chi connectivity index (χ1) is 11.2. The Balaban J connectivity index is 1.78. The Kier molecular flexibility index (Phi) is 4.41. The van der Waals surface area contributed by atoms with Crippen molar-refractivity contribution in [3.8, 4) is 11.3 Å². The number of carbonyl (C=O) groups excluding carboxylic acids is 1. The lowest BCUT2D eigenvalue weighted by atomic mass is 10.0. The van der Waals surface area contributed by atoms with Crippen molar-refractivity contribution in [3.63, 3.8) is 0 Å². The van der Waals surface area contributed by atoms with Crippen molar-refractivity contribution in [1.29, 1.82) is 0 Å². The number of hydrogen-bond donors (Lipinski definition) is 3. The quantitative estimate of drug-likeness (QED) is 0.653. The Morgan fingerprint density at radius 1 is 1.26 bits per heavy atom. The molecule has 0 fully saturated rings. The van der Waals surface area contributed by atoms with Crippen LogP contribution < -0.4 is 5.32 Å². The Hall–Kier alpha value is -2.63. The van der Waals surface area contributed by atoms with Gasteiger partial charge in [-0.05, 0) is 18.1 Å². The van der Waals surface area contributed by atoms with Crippen molar-refractivity contribution in [2.75, 3.05) is 6.54 Å². The van der Waals surface area contributed by atoms with Crippen molar-refractivity contribution in [2.45, 2.75) is 26.7 Å². The smallest absolute Gasteiger partial charge is 0.267 e. The molecule has 0 radical (unpaired) electrons. The van der Waals surface area contributed by atoms with Gasteiger partial charge in [-0.1, -0.05) is 26.7 Å². The highest BCUT2D eigenvalue weighted by Gasteiger charge is 2.14. The van der Waals surface area contributed by atoms with E-state index in [2.05, 4.69) is 39.1 Å². The number of H-pyrrole nitrogens is 2. The van der Waals surface area contributed by atoms with E-state index in [1.165, 1.54) is 6.33 Å². The maximum absolute atomic E-state index is 12.3. The molecule has 120 valence electrons. The summed E-state index contributed by atoms with van der Waals surface area (Å²) in [5.41, 5.74) is 3.03. The van der Waals surface area contributed by atoms with Gasteiger partial charge in [0.25, 0.3) is 5.91 Å². The van der Waals surface area contributed by atoms with E-state index in [9.17, 15) is 4.79 Å². The van der Waals surface area contributed by atoms with Gasteiger partial charge < -0.3 is 15.3 Å². The standard InChI is InChI=1S/C17H21N5O/c1-3-11(4-2)8-20-17(23)14-7-12(9-19-14)15-13-5-6-18-16(13)22-10-21-15/h5-7,9-11,19H,3-4,8H2,1-2H3,(H,20,23)(H,18,21,22). The van der Waals surface area contributed by atoms with E-state index in [1.54, 1.807) is 6.20 Å². The van der Waals surface area contributed by atoms with Gasteiger partial charge in [-0.15, -0.1) is 0 Å². The van der Waals surface area contributed by atoms with Gasteiger partial charge in [-0.2, -0.15) is 0 Å². The summed E-state index contributed by atoms with van der Waals surface area (Å²) in [7, 11) is 0. The average Bonchev–Trinajstić information content (AvgIpc) is 3.24. The summed E-state index contributed by atoms with van der Waals surface area (Å²) < 4.78 is 0. The molecule has 0 aliphatic heterocycles. The zero-order valence-electron chi connectivity index (χ0n) is 13.4. The summed E-state index contributed by atoms with van der Waals surface area (Å²) in [6.45, 7) is 4.99. The fourth-order valence-corrected chi connectivity index (χ4v) is 2.67. The molecule has 3 rings (SSSR count). The molecular weight excluding hydrogens is 290 g/mol. The molecule has 23 heavy (non-hydrogen) atoms. The van der Waals surface area contributed by atoms with E-state index >= 15 is 0 Å². The second-order valence-electron chi connectivity index (χ2n) is 5.66. The van der Waals surface area contributed by atoms with Crippen LogP contribution in [0.15, 0.2) is 30.9 Å². The lowest BCUT2D eigenvalue weighted by Gasteiger charge is -2.12. The molecule has 3 aromatic heterocycles. The molecule has 0 bridgehead atoms. The van der Waals surface area contributed by atoms with Crippen LogP contribution in [0.3, 0.4) is 0 Å². The summed E-state index contributed by atoms with van der Waals surface area (Å²) in [5, 5.41) is 3.93. The highest BCUT2D eigenvalue weighted by Crippen LogP contribution is 2.25. The molecule has 0 spiro atoms. The summed E-state index contributed by atoms with van der Waals surface area (Å²) in [6.07, 6.45) is 7.30. The van der Waals surface area contributed by atoms with Gasteiger partial charge in [0.2, 0.25) is 0 Å². The highest BCUT2D eigenvalue weighted by molar-refractivity contribution is 5.96. The van der Waals surface area contributed by atoms with Crippen LogP contribution >= 0.6 is 0 Å². The number of hydrogen-bond acceptors (Lipinski definition) is 3. The van der Waals surface area contributed by atoms with Crippen LogP contribution in [0, 0.1) is 5.92 Å². The van der Waals surface area contributed by atoms with Gasteiger partial charge in [0.05, 0.1) is 5.69 Å². The molecule has 1 amide bonds. The van der Waals surface area contributed by atoms with Gasteiger partial charge in [0.15, 0.2) is 0 Å². The Labute approximate surface area is 134 Å². The second-order valence-corrected chi connectivity index (χ2v) is 5.66. The number of fused-ring (bicyclic) bond motifs is 1. The number of aromatic amines is 2. The lowest BCUT2D eigenvalue weighted by molar-refractivity contribution is 0.0942. The molecule has 6 nitrogen and oxygen atoms in total. The van der Waals surface area contributed by atoms with Crippen molar-refractivity contribution in [1.82, 2.24) is 25.3 Å². The third-order valence-corrected chi connectivity index (χ3v) is 4.26. The number of nitrogens with zero attached hydrogens (tertiary/aromatic N) is 2. The topological polar surface area (TPSA) is 86.5 Å². The van der Waals surface area contributed by atoms with Crippen molar-refractivity contribution >= 4 is 16.9 Å². The summed E-state index contributed by atoms with van der Waals surface area (Å²) in [5.74, 6) is 0.442. The van der Waals surface area contributed by atoms with Gasteiger partial charge >= 0.3 is 0 Å². The summed E-state index contributed by atoms with van der Waals surface area (Å²) in [4.78, 5) is 26.9. The first kappa shape index (κ1) is 15.3. The third-order valence-electron chi connectivity index (χ3n) is 4.26. The number of aromatic nitrogens is 4. The van der Waals surface area contributed by atoms with Crippen LogP contribution in [0.2, 0.25) is 0 Å². The van der Waals surface area contributed by atoms with Crippen LogP contribution in [-0.2, 0) is 0 Å². The Morgan fingerprint density at radius 3 is 2.87 bits per heavy atom. The fraction of sp³-hybridized carbons (Fsp3) is 0.353. The normalized spacial score (nSPS) is 11.3. The molecule has 3 heterocycles. The fourth-order valence-electron chi connectivity index (χ4n) is 2.67. The molecule has 0 aliphatic rings. The van der Waals surface area contributed by atoms with E-state index in [-0.39, 0.29) is 5.91 Å². The molecule has 0 aromatic carbocycles. The largest absolute Gasteiger partial charge is 0.357 e. The molecule has 0 atom stereocenters. The van der Waals surface area contributed by atoms with Gasteiger partial charge in [-0.3, -0.25) is 4.79 Å². The van der Waals surface area contributed by atoms with Crippen LogP contribution in [0.5, 0.6) is 0 Å². The average molecular weight is 311 g/mol. The van der Waals surface area contributed by atoms with Gasteiger partial charge in [-0.25, -0.2) is 9.97 Å². The number of rotatable bonds is 6. The van der Waals surface area contributed by atoms with Crippen molar-refractivity contribution in [2.24, 2.45) is 5.92 Å². The van der Waals surface area contributed by atoms with Crippen molar-refractivity contribution in [3.05, 3.63) is 36.5 Å². The highest BCUT2D eigenvalue weighted by atomic mass is 16.1. The Morgan fingerprint density at radius 2 is 2.09 bits per heavy atom. The minimum absolute atomic E-state index is 0.0810. The summed E-state index contributed by atoms with van der Waals surface area (Å²) >= 11 is 0. The lowest BCUT2D eigenvalue weighted by Crippen LogP contribution is -2.29. The first-order valence-corrected chi connectivity index (χ1v) is 7.98. The number of carbonyl (C=O) groups is 1. The molecule has 0 unspecified atom stereocenters. The van der Waals surface area contributed by atoms with E-state index < -0.39 is 0 Å². The molecule has 0 saturated heterocycles. The van der Waals surface area contributed by atoms with E-state index in [0.29, 0.717) is 18.2 Å². The van der Waals surface area contributed by atoms with E-state index in [4.69, 9.17) is 0 Å². The first-order valence-electron chi connectivity index (χ1n) is 7.98. The summed E-state index contributed by atoms with van der Waals surface area (Å²) in [6, 6.07) is 3.77. The number of amides is 1. The predicted octanol–water partition coefficient (Wildman–Crippen LogP) is 3.12. The Bertz CT molecular complexity index is 800. The van der Waals surface area contributed by atoms with Crippen molar-refractivity contribution < 1.29 is 4.79 Å². The minimum Gasteiger partial charge on any atom is -0.357 e. The number of nitrogens with one attached hydrogen (secondary N) is 3. The third kappa shape index (κ3) is 3.11. The zero-order valence-corrected chi connectivity index (χ0v) is 13.4.